The van der Waals surface area contributed by atoms with Crippen LogP contribution in [-0.2, 0) is 4.84 Å². The summed E-state index contributed by atoms with van der Waals surface area (Å²) >= 11 is 0. The summed E-state index contributed by atoms with van der Waals surface area (Å²) in [5.41, 5.74) is 4.25. The van der Waals surface area contributed by atoms with Crippen LogP contribution >= 0.6 is 0 Å². The molecule has 2 nitrogen and oxygen atoms in total. The van der Waals surface area contributed by atoms with Crippen molar-refractivity contribution in [3.05, 3.63) is 34.9 Å². The van der Waals surface area contributed by atoms with E-state index >= 15 is 0 Å². The maximum atomic E-state index is 6.19. The molecule has 1 aromatic rings. The number of rotatable bonds is 2. The van der Waals surface area contributed by atoms with Gasteiger partial charge in [-0.2, -0.15) is 5.06 Å². The third kappa shape index (κ3) is 3.18. The third-order valence-electron chi connectivity index (χ3n) is 4.33. The minimum absolute atomic E-state index is 0.227. The van der Waals surface area contributed by atoms with Crippen molar-refractivity contribution in [2.45, 2.75) is 60.1 Å². The number of hydrogen-bond acceptors (Lipinski definition) is 2. The lowest BCUT2D eigenvalue weighted by Gasteiger charge is -2.34. The van der Waals surface area contributed by atoms with E-state index in [1.807, 2.05) is 0 Å². The monoisotopic (exact) mass is 261 g/mol. The van der Waals surface area contributed by atoms with Gasteiger partial charge in [0, 0.05) is 12.6 Å². The Morgan fingerprint density at radius 1 is 1.26 bits per heavy atom. The van der Waals surface area contributed by atoms with Gasteiger partial charge in [0.2, 0.25) is 0 Å². The second-order valence-corrected chi connectivity index (χ2v) is 6.93. The molecule has 0 aromatic heterocycles. The molecule has 1 aromatic carbocycles. The van der Waals surface area contributed by atoms with E-state index in [4.69, 9.17) is 4.84 Å². The van der Waals surface area contributed by atoms with E-state index in [9.17, 15) is 0 Å². The molecule has 0 saturated carbocycles. The van der Waals surface area contributed by atoms with Gasteiger partial charge in [-0.3, -0.25) is 4.84 Å². The van der Waals surface area contributed by atoms with Crippen LogP contribution in [0.4, 0.5) is 0 Å². The van der Waals surface area contributed by atoms with Gasteiger partial charge < -0.3 is 0 Å². The maximum absolute atomic E-state index is 6.19. The zero-order valence-corrected chi connectivity index (χ0v) is 13.2. The van der Waals surface area contributed by atoms with Gasteiger partial charge in [-0.25, -0.2) is 0 Å². The van der Waals surface area contributed by atoms with E-state index in [1.165, 1.54) is 16.7 Å². The molecule has 1 saturated heterocycles. The molecule has 106 valence electrons. The summed E-state index contributed by atoms with van der Waals surface area (Å²) in [6, 6.07) is 7.08. The Hall–Kier alpha value is -0.860. The standard InChI is InChI=1S/C17H27NO/c1-12-7-8-15(13(2)11-12)16-9-10-18(19-16)14(3)17(4,5)6/h7-8,11,14,16H,9-10H2,1-6H3. The molecule has 2 unspecified atom stereocenters. The summed E-state index contributed by atoms with van der Waals surface area (Å²) in [5.74, 6) is 0. The number of hydrogen-bond donors (Lipinski definition) is 0. The van der Waals surface area contributed by atoms with Gasteiger partial charge >= 0.3 is 0 Å². The highest BCUT2D eigenvalue weighted by molar-refractivity contribution is 5.32. The van der Waals surface area contributed by atoms with Crippen LogP contribution in [0.2, 0.25) is 0 Å². The SMILES string of the molecule is Cc1ccc(C2CCN(C(C)C(C)(C)C)O2)c(C)c1. The summed E-state index contributed by atoms with van der Waals surface area (Å²) < 4.78 is 0. The van der Waals surface area contributed by atoms with E-state index in [1.54, 1.807) is 0 Å². The zero-order chi connectivity index (χ0) is 14.2. The fraction of sp³-hybridized carbons (Fsp3) is 0.647. The normalized spacial score (nSPS) is 22.7. The molecule has 1 aliphatic rings. The predicted molar refractivity (Wildman–Crippen MR) is 80.0 cm³/mol. The van der Waals surface area contributed by atoms with E-state index < -0.39 is 0 Å². The molecule has 1 fully saturated rings. The first kappa shape index (κ1) is 14.5. The van der Waals surface area contributed by atoms with Gasteiger partial charge in [-0.05, 0) is 43.7 Å². The molecule has 0 aliphatic carbocycles. The molecule has 0 radical (unpaired) electrons. The van der Waals surface area contributed by atoms with E-state index in [0.29, 0.717) is 6.04 Å². The molecule has 2 heteroatoms. The van der Waals surface area contributed by atoms with Crippen molar-refractivity contribution in [1.29, 1.82) is 0 Å². The van der Waals surface area contributed by atoms with Gasteiger partial charge in [0.15, 0.2) is 0 Å². The van der Waals surface area contributed by atoms with Crippen molar-refractivity contribution in [2.24, 2.45) is 5.41 Å². The Morgan fingerprint density at radius 3 is 2.53 bits per heavy atom. The fourth-order valence-corrected chi connectivity index (χ4v) is 2.63. The summed E-state index contributed by atoms with van der Waals surface area (Å²) in [6.45, 7) is 14.4. The van der Waals surface area contributed by atoms with Crippen LogP contribution in [-0.4, -0.2) is 17.6 Å². The number of benzene rings is 1. The Morgan fingerprint density at radius 2 is 1.95 bits per heavy atom. The summed E-state index contributed by atoms with van der Waals surface area (Å²) in [6.07, 6.45) is 1.31. The van der Waals surface area contributed by atoms with E-state index in [0.717, 1.165) is 13.0 Å². The van der Waals surface area contributed by atoms with Crippen LogP contribution in [0.15, 0.2) is 18.2 Å². The molecule has 2 atom stereocenters. The first-order valence-corrected chi connectivity index (χ1v) is 7.29. The van der Waals surface area contributed by atoms with Gasteiger partial charge in [-0.1, -0.05) is 44.5 Å². The first-order chi connectivity index (χ1) is 8.79. The highest BCUT2D eigenvalue weighted by Gasteiger charge is 2.34. The minimum atomic E-state index is 0.227. The fourth-order valence-electron chi connectivity index (χ4n) is 2.63. The lowest BCUT2D eigenvalue weighted by atomic mass is 9.88. The summed E-state index contributed by atoms with van der Waals surface area (Å²) in [4.78, 5) is 6.19. The van der Waals surface area contributed by atoms with Crippen molar-refractivity contribution in [1.82, 2.24) is 5.06 Å². The Labute approximate surface area is 117 Å². The van der Waals surface area contributed by atoms with Crippen LogP contribution in [0.5, 0.6) is 0 Å². The topological polar surface area (TPSA) is 12.5 Å². The number of nitrogens with zero attached hydrogens (tertiary/aromatic N) is 1. The second kappa shape index (κ2) is 5.26. The van der Waals surface area contributed by atoms with Crippen molar-refractivity contribution in [3.8, 4) is 0 Å². The molecule has 1 aliphatic heterocycles. The predicted octanol–water partition coefficient (Wildman–Crippen LogP) is 4.42. The van der Waals surface area contributed by atoms with Gasteiger partial charge in [0.05, 0.1) is 0 Å². The van der Waals surface area contributed by atoms with E-state index in [-0.39, 0.29) is 11.5 Å². The average molecular weight is 261 g/mol. The molecule has 2 rings (SSSR count). The zero-order valence-electron chi connectivity index (χ0n) is 13.2. The Kier molecular flexibility index (Phi) is 4.03. The smallest absolute Gasteiger partial charge is 0.106 e. The summed E-state index contributed by atoms with van der Waals surface area (Å²) in [7, 11) is 0. The lowest BCUT2D eigenvalue weighted by molar-refractivity contribution is -0.189. The molecule has 0 amide bonds. The minimum Gasteiger partial charge on any atom is -0.291 e. The average Bonchev–Trinajstić information content (AvgIpc) is 2.75. The van der Waals surface area contributed by atoms with Gasteiger partial charge in [-0.15, -0.1) is 0 Å². The van der Waals surface area contributed by atoms with Crippen LogP contribution < -0.4 is 0 Å². The van der Waals surface area contributed by atoms with Crippen LogP contribution in [0, 0.1) is 19.3 Å². The Bertz CT molecular complexity index is 447. The largest absolute Gasteiger partial charge is 0.291 e. The number of hydroxylamine groups is 2. The molecule has 1 heterocycles. The molecular weight excluding hydrogens is 234 g/mol. The van der Waals surface area contributed by atoms with Crippen LogP contribution in [0.1, 0.15) is 56.9 Å². The van der Waals surface area contributed by atoms with Crippen molar-refractivity contribution in [2.75, 3.05) is 6.54 Å². The second-order valence-electron chi connectivity index (χ2n) is 6.93. The molecule has 19 heavy (non-hydrogen) atoms. The van der Waals surface area contributed by atoms with Gasteiger partial charge in [0.25, 0.3) is 0 Å². The molecule has 0 spiro atoms. The Balaban J connectivity index is 2.10. The quantitative estimate of drug-likeness (QED) is 0.781. The first-order valence-electron chi connectivity index (χ1n) is 7.29. The van der Waals surface area contributed by atoms with E-state index in [2.05, 4.69) is 64.8 Å². The molecule has 0 bridgehead atoms. The highest BCUT2D eigenvalue weighted by atomic mass is 16.7. The van der Waals surface area contributed by atoms with Crippen molar-refractivity contribution < 1.29 is 4.84 Å². The van der Waals surface area contributed by atoms with Crippen LogP contribution in [0.3, 0.4) is 0 Å². The molecular formula is C17H27NO. The van der Waals surface area contributed by atoms with Crippen molar-refractivity contribution in [3.63, 3.8) is 0 Å². The maximum Gasteiger partial charge on any atom is 0.106 e. The molecule has 0 N–H and O–H groups in total. The number of aryl methyl sites for hydroxylation is 2. The van der Waals surface area contributed by atoms with Gasteiger partial charge in [0.1, 0.15) is 6.10 Å². The highest BCUT2D eigenvalue weighted by Crippen LogP contribution is 2.35. The van der Waals surface area contributed by atoms with Crippen molar-refractivity contribution >= 4 is 0 Å². The van der Waals surface area contributed by atoms with Crippen LogP contribution in [0.25, 0.3) is 0 Å². The summed E-state index contributed by atoms with van der Waals surface area (Å²) in [5, 5.41) is 2.17. The lowest BCUT2D eigenvalue weighted by Crippen LogP contribution is -2.39. The third-order valence-corrected chi connectivity index (χ3v) is 4.33.